The number of thiophene rings is 1. The van der Waals surface area contributed by atoms with Gasteiger partial charge in [-0.2, -0.15) is 0 Å². The molecule has 3 heteroatoms. The molecule has 0 saturated heterocycles. The molecule has 1 aromatic heterocycles. The molecule has 0 aliphatic carbocycles. The second-order valence-corrected chi connectivity index (χ2v) is 5.86. The summed E-state index contributed by atoms with van der Waals surface area (Å²) in [5.74, 6) is 0.791. The van der Waals surface area contributed by atoms with Gasteiger partial charge in [0.25, 0.3) is 0 Å². The molecular weight excluding hydrogens is 268 g/mol. The number of fused-ring (bicyclic) bond motifs is 1. The molecule has 2 aromatic carbocycles. The lowest BCUT2D eigenvalue weighted by atomic mass is 9.87. The van der Waals surface area contributed by atoms with E-state index >= 15 is 0 Å². The second kappa shape index (κ2) is 4.93. The largest absolute Gasteiger partial charge is 0.497 e. The summed E-state index contributed by atoms with van der Waals surface area (Å²) in [6, 6.07) is 15.7. The monoisotopic (exact) mass is 284 g/mol. The molecule has 3 aromatic rings. The van der Waals surface area contributed by atoms with Crippen molar-refractivity contribution in [1.82, 2.24) is 0 Å². The number of ether oxygens (including phenoxy) is 1. The van der Waals surface area contributed by atoms with Crippen molar-refractivity contribution in [2.24, 2.45) is 0 Å². The molecule has 3 rings (SSSR count). The van der Waals surface area contributed by atoms with E-state index in [1.54, 1.807) is 18.4 Å². The summed E-state index contributed by atoms with van der Waals surface area (Å²) in [6.45, 7) is 1.84. The maximum absolute atomic E-state index is 11.0. The zero-order chi connectivity index (χ0) is 14.2. The molecule has 1 heterocycles. The van der Waals surface area contributed by atoms with Crippen molar-refractivity contribution in [3.8, 4) is 5.75 Å². The second-order valence-electron chi connectivity index (χ2n) is 4.95. The first-order valence-corrected chi connectivity index (χ1v) is 7.34. The lowest BCUT2D eigenvalue weighted by Gasteiger charge is -2.25. The molecule has 0 bridgehead atoms. The maximum Gasteiger partial charge on any atom is 0.118 e. The highest BCUT2D eigenvalue weighted by Gasteiger charge is 2.27. The Morgan fingerprint density at radius 3 is 2.50 bits per heavy atom. The molecule has 1 atom stereocenters. The van der Waals surface area contributed by atoms with Gasteiger partial charge in [-0.05, 0) is 41.5 Å². The predicted molar refractivity (Wildman–Crippen MR) is 83.5 cm³/mol. The van der Waals surface area contributed by atoms with Crippen LogP contribution in [0.5, 0.6) is 5.75 Å². The van der Waals surface area contributed by atoms with Gasteiger partial charge in [0, 0.05) is 10.3 Å². The average Bonchev–Trinajstić information content (AvgIpc) is 2.95. The standard InChI is InChI=1S/C17H16O2S/c1-17(18,13-6-8-14(19-2)9-7-13)15-5-3-4-12-10-11-20-16(12)15/h3-11,18H,1-2H3. The van der Waals surface area contributed by atoms with Gasteiger partial charge < -0.3 is 9.84 Å². The Labute approximate surface area is 122 Å². The summed E-state index contributed by atoms with van der Waals surface area (Å²) in [7, 11) is 1.64. The Bertz CT molecular complexity index is 726. The number of hydrogen-bond acceptors (Lipinski definition) is 3. The number of rotatable bonds is 3. The summed E-state index contributed by atoms with van der Waals surface area (Å²) < 4.78 is 6.30. The topological polar surface area (TPSA) is 29.5 Å². The van der Waals surface area contributed by atoms with Crippen LogP contribution in [-0.2, 0) is 5.60 Å². The minimum atomic E-state index is -1.02. The Balaban J connectivity index is 2.12. The van der Waals surface area contributed by atoms with Crippen LogP contribution in [0.2, 0.25) is 0 Å². The fourth-order valence-electron chi connectivity index (χ4n) is 2.45. The number of aliphatic hydroxyl groups is 1. The molecular formula is C17H16O2S. The minimum absolute atomic E-state index is 0.791. The van der Waals surface area contributed by atoms with Gasteiger partial charge in [-0.25, -0.2) is 0 Å². The van der Waals surface area contributed by atoms with Crippen molar-refractivity contribution in [2.75, 3.05) is 7.11 Å². The van der Waals surface area contributed by atoms with Crippen molar-refractivity contribution < 1.29 is 9.84 Å². The van der Waals surface area contributed by atoms with Crippen LogP contribution in [-0.4, -0.2) is 12.2 Å². The van der Waals surface area contributed by atoms with Crippen LogP contribution in [0, 0.1) is 0 Å². The Hall–Kier alpha value is -1.84. The van der Waals surface area contributed by atoms with E-state index in [1.807, 2.05) is 43.3 Å². The minimum Gasteiger partial charge on any atom is -0.497 e. The maximum atomic E-state index is 11.0. The van der Waals surface area contributed by atoms with Crippen molar-refractivity contribution in [1.29, 1.82) is 0 Å². The molecule has 0 aliphatic heterocycles. The molecule has 102 valence electrons. The third kappa shape index (κ3) is 2.09. The number of benzene rings is 2. The van der Waals surface area contributed by atoms with E-state index in [9.17, 15) is 5.11 Å². The molecule has 1 N–H and O–H groups in total. The van der Waals surface area contributed by atoms with Crippen molar-refractivity contribution in [3.63, 3.8) is 0 Å². The van der Waals surface area contributed by atoms with Gasteiger partial charge in [0.2, 0.25) is 0 Å². The number of hydrogen-bond donors (Lipinski definition) is 1. The van der Waals surface area contributed by atoms with E-state index < -0.39 is 5.60 Å². The predicted octanol–water partition coefficient (Wildman–Crippen LogP) is 4.17. The first-order chi connectivity index (χ1) is 9.63. The lowest BCUT2D eigenvalue weighted by molar-refractivity contribution is 0.104. The fraction of sp³-hybridized carbons (Fsp3) is 0.176. The first-order valence-electron chi connectivity index (χ1n) is 6.46. The van der Waals surface area contributed by atoms with Crippen LogP contribution in [0.4, 0.5) is 0 Å². The van der Waals surface area contributed by atoms with Crippen molar-refractivity contribution in [2.45, 2.75) is 12.5 Å². The van der Waals surface area contributed by atoms with Crippen LogP contribution in [0.3, 0.4) is 0 Å². The van der Waals surface area contributed by atoms with E-state index in [0.29, 0.717) is 0 Å². The highest BCUT2D eigenvalue weighted by molar-refractivity contribution is 7.17. The van der Waals surface area contributed by atoms with Gasteiger partial charge >= 0.3 is 0 Å². The quantitative estimate of drug-likeness (QED) is 0.782. The van der Waals surface area contributed by atoms with Gasteiger partial charge in [0.1, 0.15) is 11.4 Å². The molecule has 0 saturated carbocycles. The van der Waals surface area contributed by atoms with Crippen molar-refractivity contribution in [3.05, 3.63) is 65.0 Å². The number of methoxy groups -OCH3 is 1. The summed E-state index contributed by atoms with van der Waals surface area (Å²) in [6.07, 6.45) is 0. The van der Waals surface area contributed by atoms with Gasteiger partial charge in [-0.15, -0.1) is 11.3 Å². The van der Waals surface area contributed by atoms with Gasteiger partial charge in [-0.1, -0.05) is 30.3 Å². The van der Waals surface area contributed by atoms with E-state index in [0.717, 1.165) is 21.6 Å². The molecule has 20 heavy (non-hydrogen) atoms. The lowest BCUT2D eigenvalue weighted by Crippen LogP contribution is -2.22. The van der Waals surface area contributed by atoms with E-state index in [-0.39, 0.29) is 0 Å². The molecule has 0 aliphatic rings. The van der Waals surface area contributed by atoms with Gasteiger partial charge in [0.05, 0.1) is 7.11 Å². The molecule has 2 nitrogen and oxygen atoms in total. The molecule has 0 spiro atoms. The summed E-state index contributed by atoms with van der Waals surface area (Å²) in [5, 5.41) is 14.2. The normalized spacial score (nSPS) is 14.2. The smallest absolute Gasteiger partial charge is 0.118 e. The van der Waals surface area contributed by atoms with Gasteiger partial charge in [0.15, 0.2) is 0 Å². The summed E-state index contributed by atoms with van der Waals surface area (Å²) in [4.78, 5) is 0. The van der Waals surface area contributed by atoms with Crippen LogP contribution in [0.1, 0.15) is 18.1 Å². The SMILES string of the molecule is COc1ccc(C(C)(O)c2cccc3ccsc23)cc1. The third-order valence-corrected chi connectivity index (χ3v) is 4.62. The van der Waals surface area contributed by atoms with E-state index in [1.165, 1.54) is 5.39 Å². The first kappa shape index (κ1) is 13.2. The molecule has 0 fully saturated rings. The third-order valence-electron chi connectivity index (χ3n) is 3.66. The molecule has 1 unspecified atom stereocenters. The summed E-state index contributed by atoms with van der Waals surface area (Å²) >= 11 is 1.66. The Morgan fingerprint density at radius 2 is 1.80 bits per heavy atom. The van der Waals surface area contributed by atoms with Crippen LogP contribution < -0.4 is 4.74 Å². The highest BCUT2D eigenvalue weighted by Crippen LogP contribution is 2.36. The Morgan fingerprint density at radius 1 is 1.05 bits per heavy atom. The van der Waals surface area contributed by atoms with Crippen molar-refractivity contribution >= 4 is 21.4 Å². The van der Waals surface area contributed by atoms with Crippen LogP contribution >= 0.6 is 11.3 Å². The Kier molecular flexibility index (Phi) is 3.24. The van der Waals surface area contributed by atoms with Crippen LogP contribution in [0.25, 0.3) is 10.1 Å². The van der Waals surface area contributed by atoms with Gasteiger partial charge in [-0.3, -0.25) is 0 Å². The van der Waals surface area contributed by atoms with Crippen LogP contribution in [0.15, 0.2) is 53.9 Å². The molecule has 0 radical (unpaired) electrons. The highest BCUT2D eigenvalue weighted by atomic mass is 32.1. The molecule has 0 amide bonds. The zero-order valence-electron chi connectivity index (χ0n) is 11.5. The van der Waals surface area contributed by atoms with E-state index in [2.05, 4.69) is 17.5 Å². The average molecular weight is 284 g/mol. The fourth-order valence-corrected chi connectivity index (χ4v) is 3.46. The zero-order valence-corrected chi connectivity index (χ0v) is 12.3. The van der Waals surface area contributed by atoms with E-state index in [4.69, 9.17) is 4.74 Å². The summed E-state index contributed by atoms with van der Waals surface area (Å²) in [5.41, 5.74) is 0.783.